The molecule has 9 heteroatoms. The number of rotatable bonds is 5. The van der Waals surface area contributed by atoms with Crippen LogP contribution in [0.25, 0.3) is 0 Å². The molecule has 30 heavy (non-hydrogen) atoms. The Morgan fingerprint density at radius 1 is 1.07 bits per heavy atom. The average Bonchev–Trinajstić information content (AvgIpc) is 2.99. The Morgan fingerprint density at radius 2 is 1.67 bits per heavy atom. The number of carbonyl (C=O) groups is 3. The highest BCUT2D eigenvalue weighted by molar-refractivity contribution is 8.14. The molecule has 0 unspecified atom stereocenters. The van der Waals surface area contributed by atoms with Gasteiger partial charge in [0, 0.05) is 6.42 Å². The van der Waals surface area contributed by atoms with Crippen LogP contribution >= 0.6 is 11.8 Å². The summed E-state index contributed by atoms with van der Waals surface area (Å²) >= 11 is 0.980. The Bertz CT molecular complexity index is 1050. The lowest BCUT2D eigenvalue weighted by molar-refractivity contribution is -0.121. The third-order valence-corrected chi connectivity index (χ3v) is 5.48. The fourth-order valence-electron chi connectivity index (χ4n) is 2.87. The molecule has 0 radical (unpaired) electrons. The third-order valence-electron chi connectivity index (χ3n) is 4.51. The molecule has 1 atom stereocenters. The molecule has 1 aliphatic heterocycles. The number of hydrogen-bond acceptors (Lipinski definition) is 6. The minimum Gasteiger partial charge on any atom is -0.478 e. The van der Waals surface area contributed by atoms with E-state index in [9.17, 15) is 14.4 Å². The zero-order chi connectivity index (χ0) is 21.8. The van der Waals surface area contributed by atoms with Gasteiger partial charge in [-0.3, -0.25) is 9.59 Å². The van der Waals surface area contributed by atoms with Crippen molar-refractivity contribution in [1.29, 1.82) is 0 Å². The standard InChI is InChI=1S/C21H20N4O4S/c1-12-3-5-14(6-4-12)13(2)23-24-21(22)30-17-11-18(26)25(19(17)27)16-9-7-15(8-10-16)20(28)29/h3-10,17H,11H2,1-2H3,(H2,22,24)(H,28,29)/b23-13-/t17-/m1/s1. The largest absolute Gasteiger partial charge is 0.478 e. The van der Waals surface area contributed by atoms with E-state index in [-0.39, 0.29) is 23.1 Å². The summed E-state index contributed by atoms with van der Waals surface area (Å²) in [5, 5.41) is 16.4. The molecule has 0 aliphatic carbocycles. The van der Waals surface area contributed by atoms with Crippen LogP contribution in [0.15, 0.2) is 58.7 Å². The molecule has 0 bridgehead atoms. The first-order chi connectivity index (χ1) is 14.3. The molecular formula is C21H20N4O4S. The van der Waals surface area contributed by atoms with Crippen LogP contribution in [0, 0.1) is 6.92 Å². The van der Waals surface area contributed by atoms with Crippen molar-refractivity contribution in [2.75, 3.05) is 4.90 Å². The van der Waals surface area contributed by atoms with Crippen LogP contribution in [0.3, 0.4) is 0 Å². The van der Waals surface area contributed by atoms with Crippen LogP contribution < -0.4 is 10.6 Å². The van der Waals surface area contributed by atoms with Gasteiger partial charge < -0.3 is 10.8 Å². The summed E-state index contributed by atoms with van der Waals surface area (Å²) < 4.78 is 0. The van der Waals surface area contributed by atoms with Crippen molar-refractivity contribution in [1.82, 2.24) is 0 Å². The number of amidine groups is 1. The van der Waals surface area contributed by atoms with E-state index >= 15 is 0 Å². The van der Waals surface area contributed by atoms with Gasteiger partial charge in [-0.05, 0) is 43.7 Å². The molecule has 3 N–H and O–H groups in total. The zero-order valence-corrected chi connectivity index (χ0v) is 17.2. The number of benzene rings is 2. The summed E-state index contributed by atoms with van der Waals surface area (Å²) in [6.07, 6.45) is -0.0267. The zero-order valence-electron chi connectivity index (χ0n) is 16.4. The Kier molecular flexibility index (Phi) is 6.31. The van der Waals surface area contributed by atoms with Crippen molar-refractivity contribution in [2.24, 2.45) is 15.9 Å². The van der Waals surface area contributed by atoms with E-state index in [1.165, 1.54) is 24.3 Å². The molecule has 2 amide bonds. The molecular weight excluding hydrogens is 404 g/mol. The molecule has 0 aromatic heterocycles. The van der Waals surface area contributed by atoms with Crippen LogP contribution in [0.5, 0.6) is 0 Å². The number of aromatic carboxylic acids is 1. The van der Waals surface area contributed by atoms with Crippen LogP contribution in [-0.4, -0.2) is 39.0 Å². The van der Waals surface area contributed by atoms with Gasteiger partial charge in [0.15, 0.2) is 5.17 Å². The topological polar surface area (TPSA) is 125 Å². The maximum atomic E-state index is 12.7. The van der Waals surface area contributed by atoms with E-state index in [1.807, 2.05) is 31.2 Å². The van der Waals surface area contributed by atoms with E-state index in [2.05, 4.69) is 10.2 Å². The van der Waals surface area contributed by atoms with Gasteiger partial charge in [0.05, 0.1) is 17.0 Å². The minimum absolute atomic E-state index is 0.0267. The van der Waals surface area contributed by atoms with Crippen LogP contribution in [0.4, 0.5) is 5.69 Å². The van der Waals surface area contributed by atoms with Crippen molar-refractivity contribution in [3.63, 3.8) is 0 Å². The van der Waals surface area contributed by atoms with Gasteiger partial charge in [-0.15, -0.1) is 5.10 Å². The molecule has 1 heterocycles. The number of nitrogens with two attached hydrogens (primary N) is 1. The number of anilines is 1. The number of nitrogens with zero attached hydrogens (tertiary/aromatic N) is 3. The van der Waals surface area contributed by atoms with Crippen LogP contribution in [0.2, 0.25) is 0 Å². The number of imide groups is 1. The smallest absolute Gasteiger partial charge is 0.335 e. The first-order valence-corrected chi connectivity index (χ1v) is 9.96. The van der Waals surface area contributed by atoms with Gasteiger partial charge in [-0.2, -0.15) is 5.10 Å². The molecule has 3 rings (SSSR count). The molecule has 1 saturated heterocycles. The lowest BCUT2D eigenvalue weighted by atomic mass is 10.1. The van der Waals surface area contributed by atoms with Crippen LogP contribution in [-0.2, 0) is 9.59 Å². The number of aryl methyl sites for hydroxylation is 1. The molecule has 8 nitrogen and oxygen atoms in total. The Hall–Kier alpha value is -3.46. The third kappa shape index (κ3) is 4.74. The van der Waals surface area contributed by atoms with Gasteiger partial charge in [0.25, 0.3) is 0 Å². The second-order valence-corrected chi connectivity index (χ2v) is 7.94. The predicted molar refractivity (Wildman–Crippen MR) is 117 cm³/mol. The number of carboxylic acid groups (broad SMARTS) is 1. The first kappa shape index (κ1) is 21.3. The maximum Gasteiger partial charge on any atom is 0.335 e. The van der Waals surface area contributed by atoms with E-state index in [0.29, 0.717) is 11.4 Å². The van der Waals surface area contributed by atoms with Gasteiger partial charge >= 0.3 is 5.97 Å². The number of thioether (sulfide) groups is 1. The number of carboxylic acids is 1. The number of hydrogen-bond donors (Lipinski definition) is 2. The number of carbonyl (C=O) groups excluding carboxylic acids is 2. The summed E-state index contributed by atoms with van der Waals surface area (Å²) in [4.78, 5) is 37.0. The van der Waals surface area contributed by atoms with Crippen molar-refractivity contribution >= 4 is 46.1 Å². The minimum atomic E-state index is -1.08. The van der Waals surface area contributed by atoms with Gasteiger partial charge in [0.1, 0.15) is 5.25 Å². The maximum absolute atomic E-state index is 12.7. The molecule has 1 aliphatic rings. The quantitative estimate of drug-likeness (QED) is 0.329. The fraction of sp³-hybridized carbons (Fsp3) is 0.190. The lowest BCUT2D eigenvalue weighted by Gasteiger charge is -2.14. The van der Waals surface area contributed by atoms with Crippen molar-refractivity contribution in [2.45, 2.75) is 25.5 Å². The normalized spacial score (nSPS) is 17.5. The van der Waals surface area contributed by atoms with Gasteiger partial charge in [-0.25, -0.2) is 9.69 Å². The SMILES string of the molecule is C/C(=N/N=C(N)S[C@@H]1CC(=O)N(c2ccc(C(=O)O)cc2)C1=O)c1ccc(C)cc1. The first-order valence-electron chi connectivity index (χ1n) is 9.08. The van der Waals surface area contributed by atoms with E-state index in [0.717, 1.165) is 27.8 Å². The second-order valence-electron chi connectivity index (χ2n) is 6.72. The van der Waals surface area contributed by atoms with Crippen molar-refractivity contribution < 1.29 is 19.5 Å². The summed E-state index contributed by atoms with van der Waals surface area (Å²) in [6.45, 7) is 3.80. The van der Waals surface area contributed by atoms with E-state index < -0.39 is 17.1 Å². The van der Waals surface area contributed by atoms with Gasteiger partial charge in [0.2, 0.25) is 11.8 Å². The lowest BCUT2D eigenvalue weighted by Crippen LogP contribution is -2.31. The van der Waals surface area contributed by atoms with Gasteiger partial charge in [-0.1, -0.05) is 41.6 Å². The Balaban J connectivity index is 1.69. The summed E-state index contributed by atoms with van der Waals surface area (Å²) in [5.41, 5.74) is 9.02. The van der Waals surface area contributed by atoms with Crippen LogP contribution in [0.1, 0.15) is 34.8 Å². The molecule has 1 fully saturated rings. The fourth-order valence-corrected chi connectivity index (χ4v) is 3.68. The summed E-state index contributed by atoms with van der Waals surface area (Å²) in [7, 11) is 0. The molecule has 2 aromatic carbocycles. The molecule has 154 valence electrons. The average molecular weight is 424 g/mol. The second kappa shape index (κ2) is 8.91. The Morgan fingerprint density at radius 3 is 2.27 bits per heavy atom. The summed E-state index contributed by atoms with van der Waals surface area (Å²) in [6, 6.07) is 13.3. The highest BCUT2D eigenvalue weighted by atomic mass is 32.2. The van der Waals surface area contributed by atoms with Crippen molar-refractivity contribution in [3.05, 3.63) is 65.2 Å². The van der Waals surface area contributed by atoms with E-state index in [1.54, 1.807) is 6.92 Å². The summed E-state index contributed by atoms with van der Waals surface area (Å²) in [5.74, 6) is -1.89. The molecule has 0 spiro atoms. The highest BCUT2D eigenvalue weighted by Crippen LogP contribution is 2.30. The predicted octanol–water partition coefficient (Wildman–Crippen LogP) is 2.80. The number of amides is 2. The highest BCUT2D eigenvalue weighted by Gasteiger charge is 2.40. The van der Waals surface area contributed by atoms with Crippen molar-refractivity contribution in [3.8, 4) is 0 Å². The molecule has 2 aromatic rings. The molecule has 0 saturated carbocycles. The monoisotopic (exact) mass is 424 g/mol. The Labute approximate surface area is 177 Å². The van der Waals surface area contributed by atoms with E-state index in [4.69, 9.17) is 10.8 Å².